The molecule has 4 nitrogen and oxygen atoms in total. The van der Waals surface area contributed by atoms with Gasteiger partial charge in [0.2, 0.25) is 5.91 Å². The number of hydrogen-bond donors (Lipinski definition) is 2. The summed E-state index contributed by atoms with van der Waals surface area (Å²) in [5, 5.41) is 3.33. The molecule has 0 spiro atoms. The van der Waals surface area contributed by atoms with Gasteiger partial charge in [-0.1, -0.05) is 0 Å². The Hall–Kier alpha value is -1.27. The molecular formula is C16H24FN3OS. The van der Waals surface area contributed by atoms with Crippen molar-refractivity contribution < 1.29 is 9.18 Å². The first kappa shape index (κ1) is 17.1. The van der Waals surface area contributed by atoms with Gasteiger partial charge in [-0.25, -0.2) is 4.39 Å². The maximum absolute atomic E-state index is 13.6. The molecule has 0 aliphatic heterocycles. The van der Waals surface area contributed by atoms with Gasteiger partial charge in [-0.05, 0) is 50.8 Å². The number of nitrogens with zero attached hydrogens (tertiary/aromatic N) is 1. The van der Waals surface area contributed by atoms with E-state index in [0.29, 0.717) is 24.7 Å². The molecule has 1 saturated carbocycles. The first-order valence-electron chi connectivity index (χ1n) is 7.57. The Bertz CT molecular complexity index is 526. The number of benzene rings is 1. The fourth-order valence-electron chi connectivity index (χ4n) is 2.84. The molecule has 22 heavy (non-hydrogen) atoms. The van der Waals surface area contributed by atoms with E-state index in [1.165, 1.54) is 37.5 Å². The Labute approximate surface area is 135 Å². The van der Waals surface area contributed by atoms with E-state index in [1.54, 1.807) is 0 Å². The van der Waals surface area contributed by atoms with Gasteiger partial charge in [0.05, 0.1) is 5.69 Å². The van der Waals surface area contributed by atoms with E-state index in [1.807, 2.05) is 11.8 Å². The number of amides is 1. The summed E-state index contributed by atoms with van der Waals surface area (Å²) in [7, 11) is 2.06. The predicted octanol–water partition coefficient (Wildman–Crippen LogP) is 2.95. The Balaban J connectivity index is 1.79. The fourth-order valence-corrected chi connectivity index (χ4v) is 3.63. The number of nitrogens with two attached hydrogens (primary N) is 1. The number of rotatable bonds is 6. The van der Waals surface area contributed by atoms with Crippen molar-refractivity contribution in [1.29, 1.82) is 0 Å². The van der Waals surface area contributed by atoms with Gasteiger partial charge in [0, 0.05) is 29.9 Å². The van der Waals surface area contributed by atoms with Crippen molar-refractivity contribution in [2.75, 3.05) is 30.9 Å². The van der Waals surface area contributed by atoms with Gasteiger partial charge in [0.25, 0.3) is 0 Å². The molecule has 1 aromatic carbocycles. The lowest BCUT2D eigenvalue weighted by Gasteiger charge is -2.24. The number of nitrogens with one attached hydrogen (secondary N) is 1. The second-order valence-corrected chi connectivity index (χ2v) is 6.98. The van der Waals surface area contributed by atoms with Gasteiger partial charge in [-0.2, -0.15) is 11.8 Å². The first-order valence-corrected chi connectivity index (χ1v) is 8.86. The number of hydrogen-bond acceptors (Lipinski definition) is 4. The molecule has 0 radical (unpaired) electrons. The Morgan fingerprint density at radius 1 is 1.50 bits per heavy atom. The molecule has 2 rings (SSSR count). The third-order valence-corrected chi connectivity index (χ3v) is 5.36. The summed E-state index contributed by atoms with van der Waals surface area (Å²) in [5.74, 6) is -0.648. The van der Waals surface area contributed by atoms with Gasteiger partial charge >= 0.3 is 0 Å². The molecule has 1 aliphatic rings. The smallest absolute Gasteiger partial charge is 0.225 e. The molecule has 0 bridgehead atoms. The van der Waals surface area contributed by atoms with Gasteiger partial charge in [-0.3, -0.25) is 4.79 Å². The highest BCUT2D eigenvalue weighted by Gasteiger charge is 2.26. The van der Waals surface area contributed by atoms with Crippen molar-refractivity contribution in [2.24, 2.45) is 0 Å². The fraction of sp³-hybridized carbons (Fsp3) is 0.562. The van der Waals surface area contributed by atoms with Crippen LogP contribution in [0.5, 0.6) is 0 Å². The van der Waals surface area contributed by atoms with Gasteiger partial charge in [0.1, 0.15) is 5.82 Å². The van der Waals surface area contributed by atoms with Crippen LogP contribution in [0.1, 0.15) is 25.7 Å². The third-order valence-electron chi connectivity index (χ3n) is 4.27. The summed E-state index contributed by atoms with van der Waals surface area (Å²) in [5.41, 5.74) is 6.19. The molecule has 1 aromatic rings. The number of carbonyl (C=O) groups is 1. The Morgan fingerprint density at radius 2 is 2.27 bits per heavy atom. The van der Waals surface area contributed by atoms with E-state index in [0.717, 1.165) is 5.25 Å². The zero-order chi connectivity index (χ0) is 16.1. The van der Waals surface area contributed by atoms with Crippen LogP contribution in [0, 0.1) is 5.82 Å². The molecule has 2 atom stereocenters. The third kappa shape index (κ3) is 4.61. The van der Waals surface area contributed by atoms with E-state index < -0.39 is 5.82 Å². The first-order chi connectivity index (χ1) is 10.5. The van der Waals surface area contributed by atoms with Crippen LogP contribution in [-0.4, -0.2) is 41.9 Å². The van der Waals surface area contributed by atoms with Crippen molar-refractivity contribution in [3.8, 4) is 0 Å². The SMILES string of the molecule is CS[C@@H]1CC[C@H](N(C)CCC(=O)Nc2cc(N)ccc2F)C1. The van der Waals surface area contributed by atoms with Crippen molar-refractivity contribution in [3.05, 3.63) is 24.0 Å². The van der Waals surface area contributed by atoms with E-state index in [-0.39, 0.29) is 11.6 Å². The summed E-state index contributed by atoms with van der Waals surface area (Å²) >= 11 is 1.92. The molecule has 0 unspecified atom stereocenters. The van der Waals surface area contributed by atoms with Crippen LogP contribution in [-0.2, 0) is 4.79 Å². The Morgan fingerprint density at radius 3 is 2.95 bits per heavy atom. The second kappa shape index (κ2) is 7.83. The summed E-state index contributed by atoms with van der Waals surface area (Å²) < 4.78 is 13.6. The summed E-state index contributed by atoms with van der Waals surface area (Å²) in [6.45, 7) is 0.682. The van der Waals surface area contributed by atoms with E-state index in [2.05, 4.69) is 23.5 Å². The lowest BCUT2D eigenvalue weighted by atomic mass is 10.2. The maximum Gasteiger partial charge on any atom is 0.225 e. The maximum atomic E-state index is 13.6. The lowest BCUT2D eigenvalue weighted by Crippen LogP contribution is -2.32. The normalized spacial score (nSPS) is 21.3. The minimum atomic E-state index is -0.463. The number of carbonyl (C=O) groups excluding carboxylic acids is 1. The van der Waals surface area contributed by atoms with Gasteiger partial charge in [0.15, 0.2) is 0 Å². The Kier molecular flexibility index (Phi) is 6.08. The average molecular weight is 325 g/mol. The molecule has 1 amide bonds. The van der Waals surface area contributed by atoms with Gasteiger partial charge in [-0.15, -0.1) is 0 Å². The van der Waals surface area contributed by atoms with E-state index >= 15 is 0 Å². The summed E-state index contributed by atoms with van der Waals surface area (Å²) in [6.07, 6.45) is 6.12. The van der Waals surface area contributed by atoms with Crippen LogP contribution < -0.4 is 11.1 Å². The molecule has 3 N–H and O–H groups in total. The molecule has 0 saturated heterocycles. The van der Waals surface area contributed by atoms with Gasteiger partial charge < -0.3 is 16.0 Å². The minimum Gasteiger partial charge on any atom is -0.399 e. The highest BCUT2D eigenvalue weighted by molar-refractivity contribution is 7.99. The second-order valence-electron chi connectivity index (χ2n) is 5.84. The highest BCUT2D eigenvalue weighted by Crippen LogP contribution is 2.30. The number of anilines is 2. The van der Waals surface area contributed by atoms with Crippen LogP contribution in [0.25, 0.3) is 0 Å². The van der Waals surface area contributed by atoms with Crippen molar-refractivity contribution in [3.63, 3.8) is 0 Å². The zero-order valence-electron chi connectivity index (χ0n) is 13.1. The summed E-state index contributed by atoms with van der Waals surface area (Å²) in [4.78, 5) is 14.2. The average Bonchev–Trinajstić information content (AvgIpc) is 2.97. The molecule has 122 valence electrons. The van der Waals surface area contributed by atoms with Crippen LogP contribution in [0.2, 0.25) is 0 Å². The zero-order valence-corrected chi connectivity index (χ0v) is 14.0. The predicted molar refractivity (Wildman–Crippen MR) is 91.6 cm³/mol. The highest BCUT2D eigenvalue weighted by atomic mass is 32.2. The van der Waals surface area contributed by atoms with Crippen LogP contribution >= 0.6 is 11.8 Å². The minimum absolute atomic E-state index is 0.149. The van der Waals surface area contributed by atoms with E-state index in [9.17, 15) is 9.18 Å². The topological polar surface area (TPSA) is 58.4 Å². The summed E-state index contributed by atoms with van der Waals surface area (Å²) in [6, 6.07) is 4.73. The van der Waals surface area contributed by atoms with Crippen molar-refractivity contribution in [2.45, 2.75) is 37.0 Å². The number of thioether (sulfide) groups is 1. The lowest BCUT2D eigenvalue weighted by molar-refractivity contribution is -0.116. The molecule has 0 heterocycles. The molecular weight excluding hydrogens is 301 g/mol. The monoisotopic (exact) mass is 325 g/mol. The molecule has 1 aliphatic carbocycles. The number of halogens is 1. The van der Waals surface area contributed by atoms with Crippen LogP contribution in [0.15, 0.2) is 18.2 Å². The standard InChI is InChI=1S/C16H24FN3OS/c1-20(12-4-5-13(10-12)22-2)8-7-16(21)19-15-9-11(18)3-6-14(15)17/h3,6,9,12-13H,4-5,7-8,10,18H2,1-2H3,(H,19,21)/t12-,13+/m0/s1. The largest absolute Gasteiger partial charge is 0.399 e. The quantitative estimate of drug-likeness (QED) is 0.790. The van der Waals surface area contributed by atoms with Crippen molar-refractivity contribution in [1.82, 2.24) is 4.90 Å². The molecule has 1 fully saturated rings. The number of nitrogen functional groups attached to an aromatic ring is 1. The molecule has 0 aromatic heterocycles. The van der Waals surface area contributed by atoms with Crippen LogP contribution in [0.4, 0.5) is 15.8 Å². The molecule has 6 heteroatoms. The van der Waals surface area contributed by atoms with Crippen molar-refractivity contribution >= 4 is 29.0 Å². The van der Waals surface area contributed by atoms with E-state index in [4.69, 9.17) is 5.73 Å². The van der Waals surface area contributed by atoms with Crippen LogP contribution in [0.3, 0.4) is 0 Å².